The van der Waals surface area contributed by atoms with Crippen LogP contribution < -0.4 is 18.9 Å². The Morgan fingerprint density at radius 1 is 0.656 bits per heavy atom. The zero-order valence-electron chi connectivity index (χ0n) is 17.5. The SMILES string of the molecule is CC(=O)Oc1cccc(OCCCCOc2cccc(OC(C)=O)c2C(=O)O)c1C(=O)O. The Labute approximate surface area is 183 Å². The molecule has 0 fully saturated rings. The van der Waals surface area contributed by atoms with Crippen LogP contribution in [0.5, 0.6) is 23.0 Å². The number of ether oxygens (including phenoxy) is 4. The molecule has 2 aromatic rings. The van der Waals surface area contributed by atoms with Crippen LogP contribution >= 0.6 is 0 Å². The van der Waals surface area contributed by atoms with E-state index in [-0.39, 0.29) is 47.3 Å². The summed E-state index contributed by atoms with van der Waals surface area (Å²) < 4.78 is 20.8. The third kappa shape index (κ3) is 6.73. The van der Waals surface area contributed by atoms with Crippen molar-refractivity contribution in [3.8, 4) is 23.0 Å². The number of carboxylic acid groups (broad SMARTS) is 2. The van der Waals surface area contributed by atoms with Gasteiger partial charge in [0.1, 0.15) is 34.1 Å². The molecule has 0 aliphatic rings. The van der Waals surface area contributed by atoms with Crippen LogP contribution in [0.2, 0.25) is 0 Å². The van der Waals surface area contributed by atoms with Gasteiger partial charge in [-0.2, -0.15) is 0 Å². The van der Waals surface area contributed by atoms with Crippen molar-refractivity contribution in [2.24, 2.45) is 0 Å². The zero-order chi connectivity index (χ0) is 23.7. The molecular weight excluding hydrogens is 424 g/mol. The highest BCUT2D eigenvalue weighted by Gasteiger charge is 2.20. The van der Waals surface area contributed by atoms with E-state index in [9.17, 15) is 29.4 Å². The molecule has 2 aromatic carbocycles. The Morgan fingerprint density at radius 2 is 1.00 bits per heavy atom. The van der Waals surface area contributed by atoms with Crippen LogP contribution in [-0.2, 0) is 9.59 Å². The standard InChI is InChI=1S/C22H22O10/c1-13(23)31-17-9-5-7-15(19(17)21(25)26)29-11-3-4-12-30-16-8-6-10-18(32-14(2)24)20(16)22(27)28/h5-10H,3-4,11-12H2,1-2H3,(H,25,26)(H,27,28). The Bertz CT molecular complexity index is 930. The minimum absolute atomic E-state index is 0.0550. The number of benzene rings is 2. The van der Waals surface area contributed by atoms with E-state index in [0.717, 1.165) is 13.8 Å². The molecule has 2 N–H and O–H groups in total. The Kier molecular flexibility index (Phi) is 8.58. The van der Waals surface area contributed by atoms with Gasteiger partial charge in [0.25, 0.3) is 0 Å². The van der Waals surface area contributed by atoms with Crippen LogP contribution in [0.1, 0.15) is 47.4 Å². The molecule has 10 nitrogen and oxygen atoms in total. The topological polar surface area (TPSA) is 146 Å². The molecule has 170 valence electrons. The van der Waals surface area contributed by atoms with Crippen molar-refractivity contribution in [1.29, 1.82) is 0 Å². The van der Waals surface area contributed by atoms with Crippen LogP contribution in [0.4, 0.5) is 0 Å². The molecule has 0 heterocycles. The quantitative estimate of drug-likeness (QED) is 0.300. The van der Waals surface area contributed by atoms with Gasteiger partial charge in [-0.25, -0.2) is 9.59 Å². The average molecular weight is 446 g/mol. The fourth-order valence-corrected chi connectivity index (χ4v) is 2.73. The normalized spacial score (nSPS) is 10.2. The summed E-state index contributed by atoms with van der Waals surface area (Å²) in [5, 5.41) is 18.8. The number of carbonyl (C=O) groups excluding carboxylic acids is 2. The van der Waals surface area contributed by atoms with E-state index in [1.807, 2.05) is 0 Å². The van der Waals surface area contributed by atoms with E-state index in [1.165, 1.54) is 36.4 Å². The summed E-state index contributed by atoms with van der Waals surface area (Å²) in [7, 11) is 0. The number of hydrogen-bond acceptors (Lipinski definition) is 8. The zero-order valence-corrected chi connectivity index (χ0v) is 17.5. The number of rotatable bonds is 11. The van der Waals surface area contributed by atoms with Crippen LogP contribution in [0, 0.1) is 0 Å². The number of aromatic carboxylic acids is 2. The molecule has 0 saturated heterocycles. The van der Waals surface area contributed by atoms with Gasteiger partial charge in [-0.3, -0.25) is 9.59 Å². The van der Waals surface area contributed by atoms with Crippen molar-refractivity contribution >= 4 is 23.9 Å². The second-order valence-electron chi connectivity index (χ2n) is 6.46. The lowest BCUT2D eigenvalue weighted by Crippen LogP contribution is -2.11. The maximum Gasteiger partial charge on any atom is 0.343 e. The third-order valence-electron chi connectivity index (χ3n) is 3.96. The molecule has 0 saturated carbocycles. The summed E-state index contributed by atoms with van der Waals surface area (Å²) in [5.74, 6) is -4.01. The first kappa shape index (κ1) is 24.2. The maximum atomic E-state index is 11.5. The molecule has 0 amide bonds. The van der Waals surface area contributed by atoms with Gasteiger partial charge in [0.05, 0.1) is 13.2 Å². The fraction of sp³-hybridized carbons (Fsp3) is 0.273. The van der Waals surface area contributed by atoms with Crippen LogP contribution in [0.25, 0.3) is 0 Å². The highest BCUT2D eigenvalue weighted by Crippen LogP contribution is 2.30. The number of unbranched alkanes of at least 4 members (excludes halogenated alkanes) is 1. The molecule has 0 aliphatic heterocycles. The van der Waals surface area contributed by atoms with Gasteiger partial charge in [-0.05, 0) is 37.1 Å². The monoisotopic (exact) mass is 446 g/mol. The second kappa shape index (κ2) is 11.3. The van der Waals surface area contributed by atoms with E-state index in [2.05, 4.69) is 0 Å². The minimum atomic E-state index is -1.30. The van der Waals surface area contributed by atoms with Gasteiger partial charge in [0, 0.05) is 13.8 Å². The van der Waals surface area contributed by atoms with Gasteiger partial charge in [-0.15, -0.1) is 0 Å². The summed E-state index contributed by atoms with van der Waals surface area (Å²) in [6, 6.07) is 8.63. The lowest BCUT2D eigenvalue weighted by atomic mass is 10.1. The van der Waals surface area contributed by atoms with Crippen LogP contribution in [0.3, 0.4) is 0 Å². The molecule has 2 rings (SSSR count). The molecule has 0 atom stereocenters. The lowest BCUT2D eigenvalue weighted by molar-refractivity contribution is -0.132. The first-order valence-electron chi connectivity index (χ1n) is 9.55. The van der Waals surface area contributed by atoms with E-state index < -0.39 is 23.9 Å². The van der Waals surface area contributed by atoms with Crippen LogP contribution in [0.15, 0.2) is 36.4 Å². The molecule has 32 heavy (non-hydrogen) atoms. The first-order chi connectivity index (χ1) is 15.2. The average Bonchev–Trinajstić information content (AvgIpc) is 2.69. The number of esters is 2. The van der Waals surface area contributed by atoms with Crippen LogP contribution in [-0.4, -0.2) is 47.3 Å². The van der Waals surface area contributed by atoms with E-state index >= 15 is 0 Å². The molecule has 0 spiro atoms. The largest absolute Gasteiger partial charge is 0.493 e. The highest BCUT2D eigenvalue weighted by molar-refractivity contribution is 5.95. The predicted molar refractivity (Wildman–Crippen MR) is 110 cm³/mol. The minimum Gasteiger partial charge on any atom is -0.493 e. The smallest absolute Gasteiger partial charge is 0.343 e. The molecule has 0 aliphatic carbocycles. The summed E-state index contributed by atoms with van der Waals surface area (Å²) >= 11 is 0. The van der Waals surface area contributed by atoms with Crippen molar-refractivity contribution in [1.82, 2.24) is 0 Å². The van der Waals surface area contributed by atoms with Crippen molar-refractivity contribution in [2.75, 3.05) is 13.2 Å². The fourth-order valence-electron chi connectivity index (χ4n) is 2.73. The maximum absolute atomic E-state index is 11.5. The molecule has 0 unspecified atom stereocenters. The highest BCUT2D eigenvalue weighted by atomic mass is 16.5. The molecule has 0 radical (unpaired) electrons. The van der Waals surface area contributed by atoms with Gasteiger partial charge in [0.2, 0.25) is 0 Å². The number of hydrogen-bond donors (Lipinski definition) is 2. The summed E-state index contributed by atoms with van der Waals surface area (Å²) in [5.41, 5.74) is -0.514. The van der Waals surface area contributed by atoms with Crippen molar-refractivity contribution in [3.05, 3.63) is 47.5 Å². The third-order valence-corrected chi connectivity index (χ3v) is 3.96. The molecule has 0 bridgehead atoms. The predicted octanol–water partition coefficient (Wildman–Crippen LogP) is 3.17. The van der Waals surface area contributed by atoms with Gasteiger partial charge in [0.15, 0.2) is 0 Å². The van der Waals surface area contributed by atoms with Gasteiger partial charge in [-0.1, -0.05) is 12.1 Å². The molecular formula is C22H22O10. The van der Waals surface area contributed by atoms with Gasteiger partial charge >= 0.3 is 23.9 Å². The van der Waals surface area contributed by atoms with Crippen molar-refractivity contribution < 1.29 is 48.3 Å². The first-order valence-corrected chi connectivity index (χ1v) is 9.55. The van der Waals surface area contributed by atoms with Crippen molar-refractivity contribution in [3.63, 3.8) is 0 Å². The Hall–Kier alpha value is -4.08. The molecule has 0 aromatic heterocycles. The lowest BCUT2D eigenvalue weighted by Gasteiger charge is -2.13. The van der Waals surface area contributed by atoms with Crippen molar-refractivity contribution in [2.45, 2.75) is 26.7 Å². The number of carboxylic acids is 2. The molecule has 10 heteroatoms. The summed E-state index contributed by atoms with van der Waals surface area (Å²) in [6.45, 7) is 2.62. The Morgan fingerprint density at radius 3 is 1.31 bits per heavy atom. The van der Waals surface area contributed by atoms with E-state index in [1.54, 1.807) is 0 Å². The van der Waals surface area contributed by atoms with E-state index in [0.29, 0.717) is 12.8 Å². The second-order valence-corrected chi connectivity index (χ2v) is 6.46. The number of carbonyl (C=O) groups is 4. The Balaban J connectivity index is 1.93. The summed E-state index contributed by atoms with van der Waals surface area (Å²) in [4.78, 5) is 45.4. The van der Waals surface area contributed by atoms with E-state index in [4.69, 9.17) is 18.9 Å². The van der Waals surface area contributed by atoms with Gasteiger partial charge < -0.3 is 29.2 Å². The summed E-state index contributed by atoms with van der Waals surface area (Å²) in [6.07, 6.45) is 0.922.